The van der Waals surface area contributed by atoms with Gasteiger partial charge in [0.15, 0.2) is 0 Å². The van der Waals surface area contributed by atoms with Gasteiger partial charge in [0.1, 0.15) is 5.82 Å². The fraction of sp³-hybridized carbons (Fsp3) is 0.176. The summed E-state index contributed by atoms with van der Waals surface area (Å²) in [4.78, 5) is 28.6. The number of anilines is 1. The van der Waals surface area contributed by atoms with Crippen LogP contribution in [-0.2, 0) is 0 Å². The Labute approximate surface area is 143 Å². The van der Waals surface area contributed by atoms with Crippen LogP contribution in [0.4, 0.5) is 10.6 Å². The molecule has 0 saturated carbocycles. The summed E-state index contributed by atoms with van der Waals surface area (Å²) in [6, 6.07) is 8.64. The van der Waals surface area contributed by atoms with Crippen molar-refractivity contribution in [2.24, 2.45) is 0 Å². The maximum atomic E-state index is 12.6. The number of para-hydroxylation sites is 1. The second-order valence-electron chi connectivity index (χ2n) is 5.79. The summed E-state index contributed by atoms with van der Waals surface area (Å²) in [5, 5.41) is 16.3. The highest BCUT2D eigenvalue weighted by atomic mass is 16.2. The van der Waals surface area contributed by atoms with Crippen LogP contribution in [0.5, 0.6) is 0 Å². The van der Waals surface area contributed by atoms with Crippen molar-refractivity contribution in [3.63, 3.8) is 0 Å². The van der Waals surface area contributed by atoms with E-state index in [-0.39, 0.29) is 17.4 Å². The number of urea groups is 1. The monoisotopic (exact) mass is 338 g/mol. The van der Waals surface area contributed by atoms with E-state index in [0.717, 1.165) is 6.21 Å². The van der Waals surface area contributed by atoms with Gasteiger partial charge >= 0.3 is 6.03 Å². The first-order valence-corrected chi connectivity index (χ1v) is 7.78. The van der Waals surface area contributed by atoms with Crippen molar-refractivity contribution in [3.8, 4) is 5.69 Å². The lowest BCUT2D eigenvalue weighted by Crippen LogP contribution is -2.34. The second-order valence-corrected chi connectivity index (χ2v) is 5.79. The molecule has 0 aliphatic rings. The molecule has 1 aromatic carbocycles. The van der Waals surface area contributed by atoms with Gasteiger partial charge in [-0.15, -0.1) is 0 Å². The van der Waals surface area contributed by atoms with Gasteiger partial charge in [-0.3, -0.25) is 15.2 Å². The van der Waals surface area contributed by atoms with Crippen molar-refractivity contribution in [3.05, 3.63) is 52.4 Å². The molecule has 0 saturated heterocycles. The van der Waals surface area contributed by atoms with Crippen LogP contribution in [0.15, 0.2) is 41.3 Å². The van der Waals surface area contributed by atoms with Crippen molar-refractivity contribution < 1.29 is 4.79 Å². The summed E-state index contributed by atoms with van der Waals surface area (Å²) in [6.45, 7) is 3.68. The van der Waals surface area contributed by atoms with Crippen LogP contribution >= 0.6 is 0 Å². The van der Waals surface area contributed by atoms with Gasteiger partial charge in [-0.1, -0.05) is 18.2 Å². The van der Waals surface area contributed by atoms with E-state index in [9.17, 15) is 9.59 Å². The van der Waals surface area contributed by atoms with Crippen molar-refractivity contribution >= 4 is 29.0 Å². The number of hydrogen-bond donors (Lipinski definition) is 4. The molecule has 2 amide bonds. The SMILES string of the molecule is CC(C)NC(=O)Nc1ncc2c(=O)n(-c3ccccc3)[nH]c2c1C=N. The van der Waals surface area contributed by atoms with Gasteiger partial charge in [0.05, 0.1) is 22.2 Å². The highest BCUT2D eigenvalue weighted by Crippen LogP contribution is 2.20. The Morgan fingerprint density at radius 2 is 2.04 bits per heavy atom. The van der Waals surface area contributed by atoms with Crippen LogP contribution in [0.2, 0.25) is 0 Å². The molecule has 128 valence electrons. The van der Waals surface area contributed by atoms with Crippen LogP contribution in [0, 0.1) is 5.41 Å². The van der Waals surface area contributed by atoms with Crippen LogP contribution in [0.3, 0.4) is 0 Å². The molecule has 8 heteroatoms. The molecule has 2 heterocycles. The molecule has 4 N–H and O–H groups in total. The molecule has 0 spiro atoms. The second kappa shape index (κ2) is 6.60. The summed E-state index contributed by atoms with van der Waals surface area (Å²) >= 11 is 0. The predicted molar refractivity (Wildman–Crippen MR) is 96.9 cm³/mol. The molecule has 2 aromatic heterocycles. The molecular formula is C17H18N6O2. The topological polar surface area (TPSA) is 116 Å². The van der Waals surface area contributed by atoms with Crippen LogP contribution in [0.25, 0.3) is 16.6 Å². The Hall–Kier alpha value is -3.42. The van der Waals surface area contributed by atoms with Gasteiger partial charge in [0.25, 0.3) is 5.56 Å². The smallest absolute Gasteiger partial charge is 0.320 e. The molecule has 3 rings (SSSR count). The lowest BCUT2D eigenvalue weighted by atomic mass is 10.2. The molecule has 0 radical (unpaired) electrons. The summed E-state index contributed by atoms with van der Waals surface area (Å²) in [5.41, 5.74) is 1.18. The van der Waals surface area contributed by atoms with E-state index >= 15 is 0 Å². The third-order valence-corrected chi connectivity index (χ3v) is 3.58. The first-order valence-electron chi connectivity index (χ1n) is 7.78. The number of amides is 2. The number of carbonyl (C=O) groups excluding carboxylic acids is 1. The van der Waals surface area contributed by atoms with Gasteiger partial charge in [-0.25, -0.2) is 14.5 Å². The number of benzene rings is 1. The molecule has 25 heavy (non-hydrogen) atoms. The van der Waals surface area contributed by atoms with E-state index in [2.05, 4.69) is 20.7 Å². The summed E-state index contributed by atoms with van der Waals surface area (Å²) < 4.78 is 1.39. The fourth-order valence-corrected chi connectivity index (χ4v) is 2.50. The van der Waals surface area contributed by atoms with E-state index in [0.29, 0.717) is 22.2 Å². The minimum Gasteiger partial charge on any atom is -0.336 e. The van der Waals surface area contributed by atoms with Crippen LogP contribution < -0.4 is 16.2 Å². The molecule has 0 fully saturated rings. The van der Waals surface area contributed by atoms with Gasteiger partial charge in [-0.2, -0.15) is 0 Å². The van der Waals surface area contributed by atoms with Crippen molar-refractivity contribution in [1.29, 1.82) is 5.41 Å². The molecular weight excluding hydrogens is 320 g/mol. The first-order chi connectivity index (χ1) is 12.0. The average Bonchev–Trinajstić information content (AvgIpc) is 2.92. The standard InChI is InChI=1S/C17H18N6O2/c1-10(2)20-17(25)21-15-12(8-18)14-13(9-19-15)16(24)23(22-14)11-6-4-3-5-7-11/h3-10,18,22H,1-2H3,(H2,19,20,21,25). The normalized spacial score (nSPS) is 10.8. The van der Waals surface area contributed by atoms with E-state index in [1.807, 2.05) is 32.0 Å². The quantitative estimate of drug-likeness (QED) is 0.547. The summed E-state index contributed by atoms with van der Waals surface area (Å²) in [7, 11) is 0. The Morgan fingerprint density at radius 3 is 2.68 bits per heavy atom. The molecule has 8 nitrogen and oxygen atoms in total. The van der Waals surface area contributed by atoms with E-state index in [1.165, 1.54) is 10.9 Å². The van der Waals surface area contributed by atoms with E-state index in [4.69, 9.17) is 5.41 Å². The van der Waals surface area contributed by atoms with Gasteiger partial charge in [0.2, 0.25) is 0 Å². The number of pyridine rings is 1. The number of fused-ring (bicyclic) bond motifs is 1. The Balaban J connectivity index is 2.10. The summed E-state index contributed by atoms with van der Waals surface area (Å²) in [6.07, 6.45) is 2.46. The highest BCUT2D eigenvalue weighted by molar-refractivity contribution is 6.04. The summed E-state index contributed by atoms with van der Waals surface area (Å²) in [5.74, 6) is 0.210. The highest BCUT2D eigenvalue weighted by Gasteiger charge is 2.16. The Morgan fingerprint density at radius 1 is 1.32 bits per heavy atom. The van der Waals surface area contributed by atoms with E-state index in [1.54, 1.807) is 12.1 Å². The molecule has 3 aromatic rings. The number of aromatic nitrogens is 3. The van der Waals surface area contributed by atoms with E-state index < -0.39 is 6.03 Å². The minimum atomic E-state index is -0.421. The number of aromatic amines is 1. The zero-order valence-electron chi connectivity index (χ0n) is 13.8. The van der Waals surface area contributed by atoms with Gasteiger partial charge in [0, 0.05) is 18.5 Å². The zero-order chi connectivity index (χ0) is 18.0. The Bertz CT molecular complexity index is 988. The number of nitrogens with zero attached hydrogens (tertiary/aromatic N) is 2. The first kappa shape index (κ1) is 16.4. The van der Waals surface area contributed by atoms with Crippen LogP contribution in [0.1, 0.15) is 19.4 Å². The number of hydrogen-bond acceptors (Lipinski definition) is 4. The number of rotatable bonds is 4. The third-order valence-electron chi connectivity index (χ3n) is 3.58. The number of H-pyrrole nitrogens is 1. The van der Waals surface area contributed by atoms with Crippen molar-refractivity contribution in [2.75, 3.05) is 5.32 Å². The molecule has 0 bridgehead atoms. The lowest BCUT2D eigenvalue weighted by Gasteiger charge is -2.11. The lowest BCUT2D eigenvalue weighted by molar-refractivity contribution is 0.250. The maximum absolute atomic E-state index is 12.6. The molecule has 0 atom stereocenters. The predicted octanol–water partition coefficient (Wildman–Crippen LogP) is 2.24. The average molecular weight is 338 g/mol. The maximum Gasteiger partial charge on any atom is 0.320 e. The third kappa shape index (κ3) is 3.14. The Kier molecular flexibility index (Phi) is 4.34. The van der Waals surface area contributed by atoms with Gasteiger partial charge in [-0.05, 0) is 26.0 Å². The number of nitrogens with one attached hydrogen (secondary N) is 4. The molecule has 0 aliphatic carbocycles. The van der Waals surface area contributed by atoms with Crippen LogP contribution in [-0.4, -0.2) is 33.1 Å². The van der Waals surface area contributed by atoms with Crippen molar-refractivity contribution in [1.82, 2.24) is 20.1 Å². The molecule has 0 unspecified atom stereocenters. The largest absolute Gasteiger partial charge is 0.336 e. The molecule has 0 aliphatic heterocycles. The van der Waals surface area contributed by atoms with Crippen molar-refractivity contribution in [2.45, 2.75) is 19.9 Å². The number of carbonyl (C=O) groups is 1. The van der Waals surface area contributed by atoms with Gasteiger partial charge < -0.3 is 10.7 Å². The fourth-order valence-electron chi connectivity index (χ4n) is 2.50. The zero-order valence-corrected chi connectivity index (χ0v) is 13.8. The minimum absolute atomic E-state index is 0.0360.